The second kappa shape index (κ2) is 11.2. The van der Waals surface area contributed by atoms with Gasteiger partial charge in [-0.15, -0.1) is 0 Å². The number of aliphatic hydroxyl groups is 1. The highest BCUT2D eigenvalue weighted by Gasteiger charge is 2.35. The number of anilines is 3. The van der Waals surface area contributed by atoms with Crippen LogP contribution in [0.4, 0.5) is 21.7 Å². The number of benzene rings is 1. The summed E-state index contributed by atoms with van der Waals surface area (Å²) in [6.45, 7) is 5.66. The van der Waals surface area contributed by atoms with Gasteiger partial charge in [0.05, 0.1) is 36.9 Å². The standard InChI is InChI=1S/C28H35FN6O3/c1-28(18-36)6-4-23-20(28)14-19(17-31-23)22-5-7-30-27(32-22)33-24-15-21(29)25(35-9-11-37-12-10-35)16-26(24)38-13-8-34(2)3/h5,7,14-17,36H,4,6,8-13,18H2,1-3H3,(H,30,32,33). The molecule has 2 aromatic heterocycles. The summed E-state index contributed by atoms with van der Waals surface area (Å²) >= 11 is 0. The summed E-state index contributed by atoms with van der Waals surface area (Å²) in [5.41, 5.74) is 4.25. The van der Waals surface area contributed by atoms with Crippen molar-refractivity contribution in [3.8, 4) is 17.0 Å². The van der Waals surface area contributed by atoms with Crippen molar-refractivity contribution in [3.63, 3.8) is 0 Å². The number of ether oxygens (including phenoxy) is 2. The molecule has 9 nitrogen and oxygen atoms in total. The molecule has 1 aliphatic carbocycles. The minimum Gasteiger partial charge on any atom is -0.490 e. The fraction of sp³-hybridized carbons (Fsp3) is 0.464. The Kier molecular flexibility index (Phi) is 7.73. The molecule has 0 spiro atoms. The zero-order valence-electron chi connectivity index (χ0n) is 22.2. The average Bonchev–Trinajstić information content (AvgIpc) is 3.26. The van der Waals surface area contributed by atoms with Gasteiger partial charge >= 0.3 is 0 Å². The van der Waals surface area contributed by atoms with Crippen molar-refractivity contribution in [2.24, 2.45) is 0 Å². The van der Waals surface area contributed by atoms with Crippen LogP contribution in [0.1, 0.15) is 24.6 Å². The van der Waals surface area contributed by atoms with Gasteiger partial charge in [-0.3, -0.25) is 4.98 Å². The van der Waals surface area contributed by atoms with Crippen molar-refractivity contribution in [1.82, 2.24) is 19.9 Å². The molecule has 2 N–H and O–H groups in total. The molecule has 10 heteroatoms. The highest BCUT2D eigenvalue weighted by molar-refractivity contribution is 5.70. The Balaban J connectivity index is 1.43. The minimum absolute atomic E-state index is 0.0737. The molecule has 3 aromatic rings. The van der Waals surface area contributed by atoms with Crippen LogP contribution in [0.5, 0.6) is 5.75 Å². The monoisotopic (exact) mass is 522 g/mol. The van der Waals surface area contributed by atoms with E-state index in [0.717, 1.165) is 29.7 Å². The Bertz CT molecular complexity index is 1280. The fourth-order valence-electron chi connectivity index (χ4n) is 4.89. The van der Waals surface area contributed by atoms with E-state index in [1.54, 1.807) is 18.5 Å². The molecule has 202 valence electrons. The van der Waals surface area contributed by atoms with Crippen molar-refractivity contribution in [2.45, 2.75) is 25.2 Å². The van der Waals surface area contributed by atoms with Gasteiger partial charge in [-0.25, -0.2) is 14.4 Å². The van der Waals surface area contributed by atoms with E-state index in [4.69, 9.17) is 14.5 Å². The van der Waals surface area contributed by atoms with Gasteiger partial charge in [0.1, 0.15) is 18.2 Å². The Morgan fingerprint density at radius 1 is 1.21 bits per heavy atom. The number of aliphatic hydroxyl groups excluding tert-OH is 1. The van der Waals surface area contributed by atoms with E-state index < -0.39 is 0 Å². The molecule has 0 amide bonds. The molecule has 1 fully saturated rings. The number of nitrogens with zero attached hydrogens (tertiary/aromatic N) is 5. The minimum atomic E-state index is -0.350. The van der Waals surface area contributed by atoms with E-state index in [0.29, 0.717) is 68.2 Å². The molecular formula is C28H35FN6O3. The third-order valence-electron chi connectivity index (χ3n) is 7.28. The van der Waals surface area contributed by atoms with E-state index in [9.17, 15) is 5.11 Å². The van der Waals surface area contributed by atoms with Crippen LogP contribution in [-0.2, 0) is 16.6 Å². The zero-order chi connectivity index (χ0) is 26.7. The maximum atomic E-state index is 15.3. The summed E-state index contributed by atoms with van der Waals surface area (Å²) in [7, 11) is 3.95. The molecule has 1 atom stereocenters. The maximum Gasteiger partial charge on any atom is 0.227 e. The molecule has 3 heterocycles. The SMILES string of the molecule is CN(C)CCOc1cc(N2CCOCC2)c(F)cc1Nc1nccc(-c2cnc3c(c2)C(C)(CO)CC3)n1. The van der Waals surface area contributed by atoms with Crippen LogP contribution in [0.2, 0.25) is 0 Å². The summed E-state index contributed by atoms with van der Waals surface area (Å²) in [5.74, 6) is 0.502. The predicted octanol–water partition coefficient (Wildman–Crippen LogP) is 3.39. The number of morpholine rings is 1. The van der Waals surface area contributed by atoms with Crippen LogP contribution in [0, 0.1) is 5.82 Å². The van der Waals surface area contributed by atoms with Gasteiger partial charge in [0, 0.05) is 60.8 Å². The van der Waals surface area contributed by atoms with Crippen LogP contribution >= 0.6 is 0 Å². The van der Waals surface area contributed by atoms with Crippen molar-refractivity contribution in [3.05, 3.63) is 53.7 Å². The molecule has 1 saturated heterocycles. The molecule has 0 radical (unpaired) electrons. The largest absolute Gasteiger partial charge is 0.490 e. The number of aryl methyl sites for hydroxylation is 1. The topological polar surface area (TPSA) is 95.9 Å². The van der Waals surface area contributed by atoms with Crippen LogP contribution < -0.4 is 15.0 Å². The van der Waals surface area contributed by atoms with Gasteiger partial charge in [-0.05, 0) is 44.6 Å². The Morgan fingerprint density at radius 2 is 2.03 bits per heavy atom. The zero-order valence-corrected chi connectivity index (χ0v) is 22.2. The molecule has 1 unspecified atom stereocenters. The first-order chi connectivity index (χ1) is 18.4. The number of hydrogen-bond donors (Lipinski definition) is 2. The number of rotatable bonds is 9. The summed E-state index contributed by atoms with van der Waals surface area (Å²) in [4.78, 5) is 17.7. The van der Waals surface area contributed by atoms with Gasteiger partial charge in [-0.1, -0.05) is 6.92 Å². The van der Waals surface area contributed by atoms with E-state index >= 15 is 4.39 Å². The number of likely N-dealkylation sites (N-methyl/N-ethyl adjacent to an activating group) is 1. The van der Waals surface area contributed by atoms with Crippen LogP contribution in [0.3, 0.4) is 0 Å². The lowest BCUT2D eigenvalue weighted by atomic mass is 9.85. The van der Waals surface area contributed by atoms with E-state index in [1.165, 1.54) is 6.07 Å². The number of fused-ring (bicyclic) bond motifs is 1. The van der Waals surface area contributed by atoms with Crippen LogP contribution in [0.15, 0.2) is 36.7 Å². The van der Waals surface area contributed by atoms with Gasteiger partial charge in [0.25, 0.3) is 0 Å². The Morgan fingerprint density at radius 3 is 2.79 bits per heavy atom. The number of nitrogens with one attached hydrogen (secondary N) is 1. The normalized spacial score (nSPS) is 19.1. The van der Waals surface area contributed by atoms with Gasteiger partial charge in [-0.2, -0.15) is 0 Å². The molecule has 0 bridgehead atoms. The van der Waals surface area contributed by atoms with Crippen molar-refractivity contribution in [1.29, 1.82) is 0 Å². The van der Waals surface area contributed by atoms with Crippen molar-refractivity contribution >= 4 is 17.3 Å². The predicted molar refractivity (Wildman–Crippen MR) is 145 cm³/mol. The third-order valence-corrected chi connectivity index (χ3v) is 7.28. The average molecular weight is 523 g/mol. The van der Waals surface area contributed by atoms with Crippen LogP contribution in [0.25, 0.3) is 11.3 Å². The highest BCUT2D eigenvalue weighted by atomic mass is 19.1. The summed E-state index contributed by atoms with van der Waals surface area (Å²) in [5, 5.41) is 13.1. The van der Waals surface area contributed by atoms with Crippen molar-refractivity contribution in [2.75, 3.05) is 70.4 Å². The Hall–Kier alpha value is -3.34. The highest BCUT2D eigenvalue weighted by Crippen LogP contribution is 2.39. The lowest BCUT2D eigenvalue weighted by Crippen LogP contribution is -2.36. The second-order valence-corrected chi connectivity index (χ2v) is 10.4. The van der Waals surface area contributed by atoms with Gasteiger partial charge in [0.15, 0.2) is 0 Å². The molecule has 38 heavy (non-hydrogen) atoms. The number of halogens is 1. The quantitative estimate of drug-likeness (QED) is 0.438. The van der Waals surface area contributed by atoms with Crippen molar-refractivity contribution < 1.29 is 19.0 Å². The second-order valence-electron chi connectivity index (χ2n) is 10.4. The van der Waals surface area contributed by atoms with E-state index in [1.807, 2.05) is 30.0 Å². The summed E-state index contributed by atoms with van der Waals surface area (Å²) in [6, 6.07) is 7.05. The molecule has 1 aromatic carbocycles. The first kappa shape index (κ1) is 26.3. The lowest BCUT2D eigenvalue weighted by Gasteiger charge is -2.30. The summed E-state index contributed by atoms with van der Waals surface area (Å²) < 4.78 is 26.8. The first-order valence-corrected chi connectivity index (χ1v) is 13.0. The third kappa shape index (κ3) is 5.57. The fourth-order valence-corrected chi connectivity index (χ4v) is 4.89. The number of aromatic nitrogens is 3. The summed E-state index contributed by atoms with van der Waals surface area (Å²) in [6.07, 6.45) is 5.19. The number of pyridine rings is 1. The lowest BCUT2D eigenvalue weighted by molar-refractivity contribution is 0.122. The molecule has 5 rings (SSSR count). The molecular weight excluding hydrogens is 487 g/mol. The van der Waals surface area contributed by atoms with E-state index in [2.05, 4.69) is 28.3 Å². The molecule has 2 aliphatic rings. The smallest absolute Gasteiger partial charge is 0.227 e. The molecule has 1 aliphatic heterocycles. The van der Waals surface area contributed by atoms with E-state index in [-0.39, 0.29) is 17.8 Å². The Labute approximate surface area is 222 Å². The van der Waals surface area contributed by atoms with Gasteiger partial charge < -0.3 is 29.7 Å². The van der Waals surface area contributed by atoms with Crippen LogP contribution in [-0.4, -0.2) is 85.1 Å². The first-order valence-electron chi connectivity index (χ1n) is 13.0. The molecule has 0 saturated carbocycles. The maximum absolute atomic E-state index is 15.3. The van der Waals surface area contributed by atoms with Gasteiger partial charge in [0.2, 0.25) is 5.95 Å². The number of hydrogen-bond acceptors (Lipinski definition) is 9.